The van der Waals surface area contributed by atoms with Crippen molar-refractivity contribution in [3.8, 4) is 5.75 Å². The molecule has 0 spiro atoms. The van der Waals surface area contributed by atoms with Gasteiger partial charge in [-0.15, -0.1) is 0 Å². The van der Waals surface area contributed by atoms with Crippen LogP contribution in [-0.4, -0.2) is 72.9 Å². The number of nitrogens with one attached hydrogen (secondary N) is 3. The van der Waals surface area contributed by atoms with E-state index < -0.39 is 34.0 Å². The average molecular weight is 571 g/mol. The van der Waals surface area contributed by atoms with Gasteiger partial charge in [0.15, 0.2) is 0 Å². The topological polar surface area (TPSA) is 158 Å². The first-order valence-electron chi connectivity index (χ1n) is 13.2. The number of aliphatic carboxylic acids is 1. The fourth-order valence-electron chi connectivity index (χ4n) is 4.85. The zero-order valence-electron chi connectivity index (χ0n) is 22.5. The van der Waals surface area contributed by atoms with E-state index in [2.05, 4.69) is 15.6 Å². The number of carboxylic acids is 1. The molecule has 4 N–H and O–H groups in total. The van der Waals surface area contributed by atoms with Gasteiger partial charge in [0.05, 0.1) is 17.6 Å². The number of H-pyrrole nitrogens is 1. The minimum absolute atomic E-state index is 0.0985. The Hall–Kier alpha value is -3.90. The molecule has 0 aliphatic carbocycles. The highest BCUT2D eigenvalue weighted by Crippen LogP contribution is 2.27. The number of amides is 2. The highest BCUT2D eigenvalue weighted by atomic mass is 32.2. The molecule has 0 unspecified atom stereocenters. The van der Waals surface area contributed by atoms with Crippen molar-refractivity contribution < 1.29 is 32.6 Å². The molecule has 2 heterocycles. The zero-order valence-corrected chi connectivity index (χ0v) is 23.3. The number of hydrogen-bond acceptors (Lipinski definition) is 6. The number of aromatic amines is 1. The Morgan fingerprint density at radius 1 is 1.15 bits per heavy atom. The van der Waals surface area contributed by atoms with Gasteiger partial charge in [-0.1, -0.05) is 17.7 Å². The lowest BCUT2D eigenvalue weighted by molar-refractivity contribution is -0.142. The van der Waals surface area contributed by atoms with Gasteiger partial charge in [-0.25, -0.2) is 13.2 Å². The molecule has 2 aromatic carbocycles. The molecular weight excluding hydrogens is 536 g/mol. The SMILES string of the molecule is COc1ccc2[nH]cc(C(=O)NCCCC[C@H](NC(=O)[C@@H]3CCCN3S(=O)(=O)c3ccc(C)cc3)C(=O)O)c2c1. The van der Waals surface area contributed by atoms with Crippen molar-refractivity contribution in [2.45, 2.75) is 56.0 Å². The Balaban J connectivity index is 1.29. The molecule has 12 heteroatoms. The highest BCUT2D eigenvalue weighted by molar-refractivity contribution is 7.89. The van der Waals surface area contributed by atoms with Crippen LogP contribution in [0.1, 0.15) is 48.0 Å². The predicted octanol–water partition coefficient (Wildman–Crippen LogP) is 2.81. The van der Waals surface area contributed by atoms with Crippen LogP contribution in [0.2, 0.25) is 0 Å². The zero-order chi connectivity index (χ0) is 28.9. The van der Waals surface area contributed by atoms with Crippen LogP contribution in [0.5, 0.6) is 5.75 Å². The minimum atomic E-state index is -3.90. The van der Waals surface area contributed by atoms with E-state index in [0.717, 1.165) is 20.8 Å². The molecule has 0 bridgehead atoms. The first-order valence-corrected chi connectivity index (χ1v) is 14.6. The number of methoxy groups -OCH3 is 1. The van der Waals surface area contributed by atoms with Crippen molar-refractivity contribution in [2.24, 2.45) is 0 Å². The summed E-state index contributed by atoms with van der Waals surface area (Å²) in [6.07, 6.45) is 3.50. The van der Waals surface area contributed by atoms with E-state index in [1.165, 1.54) is 12.1 Å². The van der Waals surface area contributed by atoms with E-state index in [1.54, 1.807) is 37.6 Å². The average Bonchev–Trinajstić information content (AvgIpc) is 3.60. The summed E-state index contributed by atoms with van der Waals surface area (Å²) in [7, 11) is -2.35. The number of ether oxygens (including phenoxy) is 1. The number of carbonyl (C=O) groups excluding carboxylic acids is 2. The van der Waals surface area contributed by atoms with Gasteiger partial charge in [0.2, 0.25) is 15.9 Å². The molecule has 1 aliphatic heterocycles. The van der Waals surface area contributed by atoms with Gasteiger partial charge in [0.1, 0.15) is 17.8 Å². The predicted molar refractivity (Wildman–Crippen MR) is 149 cm³/mol. The number of nitrogens with zero attached hydrogens (tertiary/aromatic N) is 1. The van der Waals surface area contributed by atoms with Crippen molar-refractivity contribution in [2.75, 3.05) is 20.2 Å². The van der Waals surface area contributed by atoms with Gasteiger partial charge >= 0.3 is 5.97 Å². The maximum atomic E-state index is 13.2. The summed E-state index contributed by atoms with van der Waals surface area (Å²) in [4.78, 5) is 40.7. The normalized spacial score (nSPS) is 16.5. The second-order valence-electron chi connectivity index (χ2n) is 9.85. The Kier molecular flexibility index (Phi) is 9.10. The first kappa shape index (κ1) is 29.1. The molecule has 2 atom stereocenters. The molecule has 1 fully saturated rings. The van der Waals surface area contributed by atoms with Crippen LogP contribution in [0.15, 0.2) is 53.6 Å². The van der Waals surface area contributed by atoms with Crippen molar-refractivity contribution in [3.63, 3.8) is 0 Å². The number of rotatable bonds is 12. The molecule has 40 heavy (non-hydrogen) atoms. The van der Waals surface area contributed by atoms with Crippen molar-refractivity contribution in [1.82, 2.24) is 19.9 Å². The van der Waals surface area contributed by atoms with E-state index >= 15 is 0 Å². The van der Waals surface area contributed by atoms with Gasteiger partial charge in [0.25, 0.3) is 5.91 Å². The molecule has 3 aromatic rings. The second-order valence-corrected chi connectivity index (χ2v) is 11.7. The molecule has 214 valence electrons. The number of aryl methyl sites for hydroxylation is 1. The quantitative estimate of drug-likeness (QED) is 0.244. The van der Waals surface area contributed by atoms with Crippen LogP contribution >= 0.6 is 0 Å². The molecule has 1 saturated heterocycles. The summed E-state index contributed by atoms with van der Waals surface area (Å²) in [5.41, 5.74) is 2.20. The number of sulfonamides is 1. The van der Waals surface area contributed by atoms with Gasteiger partial charge in [0, 0.05) is 30.2 Å². The fourth-order valence-corrected chi connectivity index (χ4v) is 6.50. The third kappa shape index (κ3) is 6.45. The standard InChI is InChI=1S/C28H34N4O7S/c1-18-8-11-20(12-9-18)40(37,38)32-15-5-7-25(32)27(34)31-24(28(35)36)6-3-4-14-29-26(33)22-17-30-23-13-10-19(39-2)16-21(22)23/h8-13,16-17,24-25,30H,3-7,14-15H2,1-2H3,(H,29,33)(H,31,34)(H,35,36)/t24-,25-/m0/s1. The molecule has 4 rings (SSSR count). The maximum Gasteiger partial charge on any atom is 0.326 e. The van der Waals surface area contributed by atoms with E-state index in [1.807, 2.05) is 13.0 Å². The molecule has 1 aromatic heterocycles. The van der Waals surface area contributed by atoms with Gasteiger partial charge in [-0.3, -0.25) is 9.59 Å². The largest absolute Gasteiger partial charge is 0.497 e. The van der Waals surface area contributed by atoms with E-state index in [0.29, 0.717) is 43.5 Å². The summed E-state index contributed by atoms with van der Waals surface area (Å²) >= 11 is 0. The monoisotopic (exact) mass is 570 g/mol. The molecule has 0 saturated carbocycles. The first-order chi connectivity index (χ1) is 19.1. The van der Waals surface area contributed by atoms with Crippen LogP contribution in [0.3, 0.4) is 0 Å². The minimum Gasteiger partial charge on any atom is -0.497 e. The van der Waals surface area contributed by atoms with E-state index in [9.17, 15) is 27.9 Å². The third-order valence-corrected chi connectivity index (χ3v) is 9.01. The Bertz CT molecular complexity index is 1480. The lowest BCUT2D eigenvalue weighted by Crippen LogP contribution is -2.50. The maximum absolute atomic E-state index is 13.2. The van der Waals surface area contributed by atoms with Gasteiger partial charge in [-0.05, 0) is 69.4 Å². The van der Waals surface area contributed by atoms with Crippen LogP contribution in [0, 0.1) is 6.92 Å². The second kappa shape index (κ2) is 12.5. The Labute approximate surface area is 232 Å². The lowest BCUT2D eigenvalue weighted by Gasteiger charge is -2.25. The van der Waals surface area contributed by atoms with Crippen molar-refractivity contribution >= 4 is 38.7 Å². The smallest absolute Gasteiger partial charge is 0.326 e. The van der Waals surface area contributed by atoms with Crippen LogP contribution in [0.25, 0.3) is 10.9 Å². The molecule has 2 amide bonds. The van der Waals surface area contributed by atoms with E-state index in [-0.39, 0.29) is 23.8 Å². The summed E-state index contributed by atoms with van der Waals surface area (Å²) in [5.74, 6) is -1.45. The van der Waals surface area contributed by atoms with Gasteiger partial charge in [-0.2, -0.15) is 4.31 Å². The van der Waals surface area contributed by atoms with Crippen molar-refractivity contribution in [1.29, 1.82) is 0 Å². The highest BCUT2D eigenvalue weighted by Gasteiger charge is 2.40. The van der Waals surface area contributed by atoms with Crippen LogP contribution < -0.4 is 15.4 Å². The number of hydrogen-bond donors (Lipinski definition) is 4. The fraction of sp³-hybridized carbons (Fsp3) is 0.393. The summed E-state index contributed by atoms with van der Waals surface area (Å²) in [5, 5.41) is 15.8. The lowest BCUT2D eigenvalue weighted by atomic mass is 10.1. The molecule has 11 nitrogen and oxygen atoms in total. The van der Waals surface area contributed by atoms with Gasteiger partial charge < -0.3 is 25.5 Å². The number of carboxylic acid groups (broad SMARTS) is 1. The summed E-state index contributed by atoms with van der Waals surface area (Å²) < 4.78 is 32.7. The summed E-state index contributed by atoms with van der Waals surface area (Å²) in [6, 6.07) is 9.66. The Morgan fingerprint density at radius 3 is 2.60 bits per heavy atom. The third-order valence-electron chi connectivity index (χ3n) is 7.09. The molecular formula is C28H34N4O7S. The number of unbranched alkanes of at least 4 members (excludes halogenated alkanes) is 1. The number of carbonyl (C=O) groups is 3. The van der Waals surface area contributed by atoms with Crippen LogP contribution in [0.4, 0.5) is 0 Å². The number of benzene rings is 2. The molecule has 0 radical (unpaired) electrons. The van der Waals surface area contributed by atoms with Crippen LogP contribution in [-0.2, 0) is 19.6 Å². The van der Waals surface area contributed by atoms with Crippen molar-refractivity contribution in [3.05, 3.63) is 59.8 Å². The number of fused-ring (bicyclic) bond motifs is 1. The number of aromatic nitrogens is 1. The Morgan fingerprint density at radius 2 is 1.90 bits per heavy atom. The molecule has 1 aliphatic rings. The van der Waals surface area contributed by atoms with E-state index in [4.69, 9.17) is 4.74 Å². The summed E-state index contributed by atoms with van der Waals surface area (Å²) in [6.45, 7) is 2.36.